The van der Waals surface area contributed by atoms with E-state index in [-0.39, 0.29) is 11.3 Å². The summed E-state index contributed by atoms with van der Waals surface area (Å²) in [5, 5.41) is 14.5. The Morgan fingerprint density at radius 3 is 2.77 bits per heavy atom. The molecule has 2 heterocycles. The monoisotopic (exact) mass is 458 g/mol. The molecular formula is C19H14N4O4S3. The molecule has 3 aromatic rings. The number of benzene rings is 1. The summed E-state index contributed by atoms with van der Waals surface area (Å²) in [5.74, 6) is -0.576. The molecule has 30 heavy (non-hydrogen) atoms. The van der Waals surface area contributed by atoms with E-state index in [1.54, 1.807) is 35.7 Å². The normalized spacial score (nSPS) is 10.9. The number of ether oxygens (including phenoxy) is 2. The average molecular weight is 459 g/mol. The smallest absolute Gasteiger partial charge is 0.353 e. The molecule has 0 radical (unpaired) electrons. The van der Waals surface area contributed by atoms with E-state index in [0.29, 0.717) is 26.5 Å². The number of carbonyl (C=O) groups excluding carboxylic acids is 2. The van der Waals surface area contributed by atoms with Gasteiger partial charge in [-0.3, -0.25) is 10.1 Å². The molecule has 11 heteroatoms. The Morgan fingerprint density at radius 1 is 1.30 bits per heavy atom. The molecule has 0 bridgehead atoms. The molecule has 0 saturated carbocycles. The molecule has 0 unspecified atom stereocenters. The van der Waals surface area contributed by atoms with Crippen molar-refractivity contribution in [3.63, 3.8) is 0 Å². The van der Waals surface area contributed by atoms with Crippen molar-refractivity contribution in [3.8, 4) is 17.6 Å². The Labute approximate surface area is 184 Å². The Morgan fingerprint density at radius 2 is 2.13 bits per heavy atom. The summed E-state index contributed by atoms with van der Waals surface area (Å²) >= 11 is 3.65. The van der Waals surface area contributed by atoms with Gasteiger partial charge < -0.3 is 9.47 Å². The van der Waals surface area contributed by atoms with Gasteiger partial charge >= 0.3 is 5.97 Å². The van der Waals surface area contributed by atoms with E-state index in [1.807, 2.05) is 12.3 Å². The van der Waals surface area contributed by atoms with E-state index in [2.05, 4.69) is 14.7 Å². The Balaban J connectivity index is 1.78. The maximum atomic E-state index is 12.4. The van der Waals surface area contributed by atoms with Gasteiger partial charge in [0.05, 0.1) is 7.11 Å². The number of nitrogens with one attached hydrogen (secondary N) is 1. The van der Waals surface area contributed by atoms with Crippen molar-refractivity contribution in [1.29, 1.82) is 5.26 Å². The molecule has 0 spiro atoms. The van der Waals surface area contributed by atoms with E-state index >= 15 is 0 Å². The third-order valence-electron chi connectivity index (χ3n) is 3.60. The third-order valence-corrected chi connectivity index (χ3v) is 5.74. The van der Waals surface area contributed by atoms with Gasteiger partial charge in [0.1, 0.15) is 16.5 Å². The molecule has 1 aromatic carbocycles. The van der Waals surface area contributed by atoms with Crippen molar-refractivity contribution < 1.29 is 19.1 Å². The number of hydrogen-bond acceptors (Lipinski definition) is 10. The summed E-state index contributed by atoms with van der Waals surface area (Å²) in [6.07, 6.45) is 3.22. The van der Waals surface area contributed by atoms with Crippen molar-refractivity contribution in [2.24, 2.45) is 0 Å². The van der Waals surface area contributed by atoms with Crippen molar-refractivity contribution in [3.05, 3.63) is 51.7 Å². The molecule has 0 aliphatic heterocycles. The van der Waals surface area contributed by atoms with Gasteiger partial charge in [-0.05, 0) is 41.5 Å². The highest BCUT2D eigenvalue weighted by Gasteiger charge is 2.15. The van der Waals surface area contributed by atoms with Crippen molar-refractivity contribution in [2.45, 2.75) is 5.16 Å². The standard InChI is InChI=1S/C19H14N4O4S3/c1-26-14-9-11(5-6-13(14)27-17(25)15-4-3-7-29-15)8-12(10-20)16(24)21-18-22-19(28-2)23-30-18/h3-9H,1-2H3,(H,21,22,23,24)/b12-8-. The van der Waals surface area contributed by atoms with E-state index in [0.717, 1.165) is 11.5 Å². The Kier molecular flexibility index (Phi) is 7.18. The van der Waals surface area contributed by atoms with Gasteiger partial charge in [-0.25, -0.2) is 4.79 Å². The first kappa shape index (κ1) is 21.5. The van der Waals surface area contributed by atoms with Crippen LogP contribution in [-0.2, 0) is 4.79 Å². The van der Waals surface area contributed by atoms with Gasteiger partial charge in [0.2, 0.25) is 10.3 Å². The topological polar surface area (TPSA) is 114 Å². The van der Waals surface area contributed by atoms with Crippen LogP contribution in [0.4, 0.5) is 5.13 Å². The molecule has 0 aliphatic carbocycles. The van der Waals surface area contributed by atoms with Gasteiger partial charge in [0.15, 0.2) is 11.5 Å². The molecule has 3 rings (SSSR count). The van der Waals surface area contributed by atoms with Gasteiger partial charge in [0.25, 0.3) is 5.91 Å². The highest BCUT2D eigenvalue weighted by Crippen LogP contribution is 2.30. The molecule has 0 atom stereocenters. The number of esters is 1. The zero-order chi connectivity index (χ0) is 21.5. The summed E-state index contributed by atoms with van der Waals surface area (Å²) in [7, 11) is 1.43. The number of rotatable bonds is 7. The molecule has 1 N–H and O–H groups in total. The van der Waals surface area contributed by atoms with Gasteiger partial charge in [-0.15, -0.1) is 11.3 Å². The van der Waals surface area contributed by atoms with E-state index in [9.17, 15) is 14.9 Å². The van der Waals surface area contributed by atoms with Crippen LogP contribution < -0.4 is 14.8 Å². The summed E-state index contributed by atoms with van der Waals surface area (Å²) in [5.41, 5.74) is 0.401. The van der Waals surface area contributed by atoms with Crippen LogP contribution in [0.1, 0.15) is 15.2 Å². The molecule has 8 nitrogen and oxygen atoms in total. The number of hydrogen-bond donors (Lipinski definition) is 1. The van der Waals surface area contributed by atoms with Crippen LogP contribution in [0.25, 0.3) is 6.08 Å². The number of methoxy groups -OCH3 is 1. The SMILES string of the molecule is COc1cc(/C=C(/C#N)C(=O)Nc2nc(SC)ns2)ccc1OC(=O)c1cccs1. The second-order valence-corrected chi connectivity index (χ2v) is 7.96. The quantitative estimate of drug-likeness (QED) is 0.185. The zero-order valence-corrected chi connectivity index (χ0v) is 18.2. The van der Waals surface area contributed by atoms with Crippen LogP contribution in [-0.4, -0.2) is 34.6 Å². The fraction of sp³-hybridized carbons (Fsp3) is 0.105. The predicted octanol–water partition coefficient (Wildman–Crippen LogP) is 4.09. The predicted molar refractivity (Wildman–Crippen MR) is 116 cm³/mol. The number of nitriles is 1. The third kappa shape index (κ3) is 5.24. The van der Waals surface area contributed by atoms with Crippen molar-refractivity contribution in [1.82, 2.24) is 9.36 Å². The van der Waals surface area contributed by atoms with Gasteiger partial charge in [0, 0.05) is 11.5 Å². The maximum Gasteiger partial charge on any atom is 0.353 e. The molecule has 0 saturated heterocycles. The fourth-order valence-electron chi connectivity index (χ4n) is 2.23. The number of carbonyl (C=O) groups is 2. The maximum absolute atomic E-state index is 12.4. The lowest BCUT2D eigenvalue weighted by molar-refractivity contribution is -0.112. The molecule has 0 aliphatic rings. The lowest BCUT2D eigenvalue weighted by Gasteiger charge is -2.09. The Bertz CT molecular complexity index is 1130. The minimum atomic E-state index is -0.603. The number of thioether (sulfide) groups is 1. The van der Waals surface area contributed by atoms with Crippen molar-refractivity contribution >= 4 is 57.7 Å². The second-order valence-electron chi connectivity index (χ2n) is 5.49. The van der Waals surface area contributed by atoms with Crippen LogP contribution >= 0.6 is 34.6 Å². The average Bonchev–Trinajstić information content (AvgIpc) is 3.44. The number of anilines is 1. The molecular weight excluding hydrogens is 444 g/mol. The molecule has 1 amide bonds. The Hall–Kier alpha value is -3.20. The number of nitrogens with zero attached hydrogens (tertiary/aromatic N) is 3. The van der Waals surface area contributed by atoms with Crippen LogP contribution in [0.15, 0.2) is 46.4 Å². The van der Waals surface area contributed by atoms with Gasteiger partial charge in [-0.1, -0.05) is 23.9 Å². The van der Waals surface area contributed by atoms with Crippen LogP contribution in [0.2, 0.25) is 0 Å². The van der Waals surface area contributed by atoms with E-state index in [1.165, 1.54) is 36.3 Å². The summed E-state index contributed by atoms with van der Waals surface area (Å²) in [6.45, 7) is 0. The van der Waals surface area contributed by atoms with Crippen molar-refractivity contribution in [2.75, 3.05) is 18.7 Å². The number of amides is 1. The first-order valence-electron chi connectivity index (χ1n) is 8.28. The lowest BCUT2D eigenvalue weighted by atomic mass is 10.1. The summed E-state index contributed by atoms with van der Waals surface area (Å²) in [4.78, 5) is 29.1. The van der Waals surface area contributed by atoms with E-state index in [4.69, 9.17) is 9.47 Å². The minimum Gasteiger partial charge on any atom is -0.493 e. The highest BCUT2D eigenvalue weighted by atomic mass is 32.2. The molecule has 2 aromatic heterocycles. The number of aromatic nitrogens is 2. The van der Waals surface area contributed by atoms with Crippen LogP contribution in [0.3, 0.4) is 0 Å². The first-order valence-corrected chi connectivity index (χ1v) is 11.2. The molecule has 0 fully saturated rings. The molecule has 152 valence electrons. The second kappa shape index (κ2) is 10.0. The highest BCUT2D eigenvalue weighted by molar-refractivity contribution is 7.98. The van der Waals surface area contributed by atoms with Gasteiger partial charge in [-0.2, -0.15) is 14.6 Å². The largest absolute Gasteiger partial charge is 0.493 e. The zero-order valence-electron chi connectivity index (χ0n) is 15.7. The number of thiophene rings is 1. The lowest BCUT2D eigenvalue weighted by Crippen LogP contribution is -2.13. The summed E-state index contributed by atoms with van der Waals surface area (Å²) < 4.78 is 14.7. The first-order chi connectivity index (χ1) is 14.5. The van der Waals surface area contributed by atoms with Crippen LogP contribution in [0.5, 0.6) is 11.5 Å². The van der Waals surface area contributed by atoms with E-state index < -0.39 is 11.9 Å². The summed E-state index contributed by atoms with van der Waals surface area (Å²) in [6, 6.07) is 10.0. The van der Waals surface area contributed by atoms with Crippen LogP contribution in [0, 0.1) is 11.3 Å². The fourth-order valence-corrected chi connectivity index (χ4v) is 3.95. The minimum absolute atomic E-state index is 0.124.